The van der Waals surface area contributed by atoms with E-state index < -0.39 is 23.6 Å². The monoisotopic (exact) mass is 482 g/mol. The van der Waals surface area contributed by atoms with Crippen molar-refractivity contribution in [2.24, 2.45) is 12.8 Å². The van der Waals surface area contributed by atoms with E-state index >= 15 is 0 Å². The largest absolute Gasteiger partial charge is 0.435 e. The van der Waals surface area contributed by atoms with Gasteiger partial charge >= 0.3 is 6.18 Å². The maximum Gasteiger partial charge on any atom is 0.435 e. The van der Waals surface area contributed by atoms with Gasteiger partial charge in [-0.15, -0.1) is 0 Å². The van der Waals surface area contributed by atoms with Crippen LogP contribution in [-0.4, -0.2) is 15.7 Å². The lowest BCUT2D eigenvalue weighted by atomic mass is 10.1. The molecule has 0 aliphatic carbocycles. The van der Waals surface area contributed by atoms with Gasteiger partial charge in [0.25, 0.3) is 5.91 Å². The summed E-state index contributed by atoms with van der Waals surface area (Å²) >= 11 is 0. The maximum atomic E-state index is 13.8. The fraction of sp³-hybridized carbons (Fsp3) is 0.360. The highest BCUT2D eigenvalue weighted by Crippen LogP contribution is 2.30. The van der Waals surface area contributed by atoms with E-state index in [0.29, 0.717) is 17.7 Å². The number of halogens is 4. The Hall–Kier alpha value is -3.36. The summed E-state index contributed by atoms with van der Waals surface area (Å²) in [7, 11) is 1.38. The normalized spacial score (nSPS) is 12.3. The van der Waals surface area contributed by atoms with Gasteiger partial charge in [0.15, 0.2) is 5.69 Å². The highest BCUT2D eigenvalue weighted by molar-refractivity contribution is 5.95. The number of carbonyl (C=O) groups excluding carboxylic acids is 1. The summed E-state index contributed by atoms with van der Waals surface area (Å²) in [6.45, 7) is 11.4. The summed E-state index contributed by atoms with van der Waals surface area (Å²) in [4.78, 5) is 12.4. The molecule has 5 nitrogen and oxygen atoms in total. The molecule has 0 saturated carbocycles. The molecule has 0 radical (unpaired) electrons. The lowest BCUT2D eigenvalue weighted by Crippen LogP contribution is -2.23. The molecule has 0 aliphatic rings. The summed E-state index contributed by atoms with van der Waals surface area (Å²) in [5.41, 5.74) is 5.80. The van der Waals surface area contributed by atoms with Gasteiger partial charge in [-0.1, -0.05) is 52.8 Å². The minimum atomic E-state index is -4.59. The van der Waals surface area contributed by atoms with Crippen molar-refractivity contribution in [3.05, 3.63) is 82.7 Å². The first kappa shape index (κ1) is 30.6. The molecule has 9 heteroatoms. The molecule has 0 bridgehead atoms. The van der Waals surface area contributed by atoms with Crippen LogP contribution in [0.4, 0.5) is 17.6 Å². The van der Waals surface area contributed by atoms with Crippen LogP contribution in [0.25, 0.3) is 5.57 Å². The van der Waals surface area contributed by atoms with Crippen molar-refractivity contribution in [2.75, 3.05) is 0 Å². The minimum absolute atomic E-state index is 0.125. The van der Waals surface area contributed by atoms with Crippen LogP contribution in [0.1, 0.15) is 69.7 Å². The number of amides is 1. The molecule has 3 N–H and O–H groups in total. The number of aromatic nitrogens is 2. The van der Waals surface area contributed by atoms with Crippen LogP contribution in [0.3, 0.4) is 0 Å². The first-order valence-electron chi connectivity index (χ1n) is 11.1. The van der Waals surface area contributed by atoms with Crippen LogP contribution in [0.15, 0.2) is 60.0 Å². The first-order chi connectivity index (χ1) is 16.0. The van der Waals surface area contributed by atoms with Crippen LogP contribution in [0, 0.1) is 5.82 Å². The highest BCUT2D eigenvalue weighted by Gasteiger charge is 2.34. The molecule has 0 spiro atoms. The second-order valence-corrected chi connectivity index (χ2v) is 6.47. The molecule has 0 saturated heterocycles. The van der Waals surface area contributed by atoms with E-state index in [-0.39, 0.29) is 17.0 Å². The van der Waals surface area contributed by atoms with Crippen molar-refractivity contribution >= 4 is 11.5 Å². The van der Waals surface area contributed by atoms with Crippen molar-refractivity contribution in [1.82, 2.24) is 15.1 Å². The molecule has 0 unspecified atom stereocenters. The fourth-order valence-corrected chi connectivity index (χ4v) is 2.67. The van der Waals surface area contributed by atoms with E-state index in [0.717, 1.165) is 10.7 Å². The smallest absolute Gasteiger partial charge is 0.402 e. The molecule has 1 amide bonds. The highest BCUT2D eigenvalue weighted by atomic mass is 19.4. The van der Waals surface area contributed by atoms with Gasteiger partial charge in [-0.25, -0.2) is 4.39 Å². The van der Waals surface area contributed by atoms with Gasteiger partial charge in [-0.3, -0.25) is 9.48 Å². The molecular weight excluding hydrogens is 448 g/mol. The van der Waals surface area contributed by atoms with E-state index in [1.54, 1.807) is 13.0 Å². The van der Waals surface area contributed by atoms with Gasteiger partial charge in [-0.05, 0) is 43.7 Å². The van der Waals surface area contributed by atoms with E-state index in [1.807, 2.05) is 34.6 Å². The van der Waals surface area contributed by atoms with Crippen LogP contribution in [0.5, 0.6) is 0 Å². The predicted octanol–water partition coefficient (Wildman–Crippen LogP) is 6.60. The summed E-state index contributed by atoms with van der Waals surface area (Å²) in [6, 6.07) is 6.43. The summed E-state index contributed by atoms with van der Waals surface area (Å²) < 4.78 is 53.8. The molecule has 0 atom stereocenters. The Balaban J connectivity index is 0.00000258. The zero-order valence-corrected chi connectivity index (χ0v) is 20.7. The van der Waals surface area contributed by atoms with Crippen molar-refractivity contribution < 1.29 is 22.4 Å². The Morgan fingerprint density at radius 1 is 1.15 bits per heavy atom. The minimum Gasteiger partial charge on any atom is -0.402 e. The van der Waals surface area contributed by atoms with E-state index in [1.165, 1.54) is 43.5 Å². The van der Waals surface area contributed by atoms with Crippen molar-refractivity contribution in [3.8, 4) is 0 Å². The van der Waals surface area contributed by atoms with Crippen LogP contribution in [-0.2, 0) is 13.2 Å². The van der Waals surface area contributed by atoms with Crippen molar-refractivity contribution in [3.63, 3.8) is 0 Å². The molecule has 0 aliphatic heterocycles. The summed E-state index contributed by atoms with van der Waals surface area (Å²) in [6.07, 6.45) is 0.628. The zero-order valence-electron chi connectivity index (χ0n) is 20.7. The summed E-state index contributed by atoms with van der Waals surface area (Å²) in [5.74, 6) is -1.31. The van der Waals surface area contributed by atoms with Gasteiger partial charge < -0.3 is 11.1 Å². The number of nitrogens with one attached hydrogen (secondary N) is 1. The quantitative estimate of drug-likeness (QED) is 0.360. The third-order valence-corrected chi connectivity index (χ3v) is 4.10. The van der Waals surface area contributed by atoms with Gasteiger partial charge in [0.1, 0.15) is 5.82 Å². The van der Waals surface area contributed by atoms with E-state index in [9.17, 15) is 22.4 Å². The Kier molecular flexibility index (Phi) is 13.3. The topological polar surface area (TPSA) is 72.9 Å². The number of benzene rings is 1. The van der Waals surface area contributed by atoms with Crippen LogP contribution < -0.4 is 11.1 Å². The van der Waals surface area contributed by atoms with Gasteiger partial charge in [-0.2, -0.15) is 18.3 Å². The number of nitrogens with two attached hydrogens (primary N) is 1. The maximum absolute atomic E-state index is 13.8. The van der Waals surface area contributed by atoms with E-state index in [4.69, 9.17) is 5.73 Å². The number of hydrogen-bond donors (Lipinski definition) is 2. The SMILES string of the molecule is CC.CC.CC/C=C(/C=C\C(=C(/C)N)c1cc(C(F)(F)F)nn1C)NC(=O)c1ccccc1F. The first-order valence-corrected chi connectivity index (χ1v) is 11.1. The van der Waals surface area contributed by atoms with Gasteiger partial charge in [0.2, 0.25) is 0 Å². The number of nitrogens with zero attached hydrogens (tertiary/aromatic N) is 2. The molecular formula is C25H34F4N4O. The molecule has 1 heterocycles. The second-order valence-electron chi connectivity index (χ2n) is 6.47. The van der Waals surface area contributed by atoms with Gasteiger partial charge in [0.05, 0.1) is 11.3 Å². The number of carbonyl (C=O) groups is 1. The van der Waals surface area contributed by atoms with Crippen molar-refractivity contribution in [1.29, 1.82) is 0 Å². The average molecular weight is 483 g/mol. The molecule has 34 heavy (non-hydrogen) atoms. The second kappa shape index (κ2) is 14.7. The average Bonchev–Trinajstić information content (AvgIpc) is 3.18. The standard InChI is InChI=1S/C21H22F4N4O.2C2H6/c1-4-7-14(27-20(30)16-8-5-6-9-17(16)22)10-11-15(13(2)26)18-12-19(21(23,24)25)28-29(18)3;2*1-2/h5-12H,4,26H2,1-3H3,(H,27,30);2*1-2H3/b11-10-,14-7-,15-13-;;. The molecule has 0 fully saturated rings. The third kappa shape index (κ3) is 8.88. The van der Waals surface area contributed by atoms with Crippen molar-refractivity contribution in [2.45, 2.75) is 54.1 Å². The third-order valence-electron chi connectivity index (χ3n) is 4.10. The zero-order chi connectivity index (χ0) is 26.5. The lowest BCUT2D eigenvalue weighted by molar-refractivity contribution is -0.141. The molecule has 1 aromatic carbocycles. The molecule has 2 rings (SSSR count). The molecule has 2 aromatic rings. The Morgan fingerprint density at radius 2 is 1.74 bits per heavy atom. The Labute approximate surface area is 199 Å². The number of rotatable bonds is 6. The Morgan fingerprint density at radius 3 is 2.21 bits per heavy atom. The predicted molar refractivity (Wildman–Crippen MR) is 129 cm³/mol. The molecule has 188 valence electrons. The Bertz CT molecular complexity index is 1010. The fourth-order valence-electron chi connectivity index (χ4n) is 2.67. The lowest BCUT2D eigenvalue weighted by Gasteiger charge is -2.09. The van der Waals surface area contributed by atoms with Gasteiger partial charge in [0, 0.05) is 24.0 Å². The van der Waals surface area contributed by atoms with Crippen LogP contribution in [0.2, 0.25) is 0 Å². The van der Waals surface area contributed by atoms with E-state index in [2.05, 4.69) is 10.4 Å². The number of allylic oxidation sites excluding steroid dienone is 5. The summed E-state index contributed by atoms with van der Waals surface area (Å²) in [5, 5.41) is 6.08. The van der Waals surface area contributed by atoms with Crippen LogP contribution >= 0.6 is 0 Å². The number of aryl methyl sites for hydroxylation is 1. The molecule has 1 aromatic heterocycles. The number of hydrogen-bond acceptors (Lipinski definition) is 3. The number of alkyl halides is 3.